The van der Waals surface area contributed by atoms with E-state index in [0.29, 0.717) is 41.1 Å². The number of benzene rings is 1. The van der Waals surface area contributed by atoms with Crippen molar-refractivity contribution in [1.29, 1.82) is 0 Å². The molecule has 0 aliphatic carbocycles. The van der Waals surface area contributed by atoms with Gasteiger partial charge in [0.05, 0.1) is 0 Å². The van der Waals surface area contributed by atoms with Crippen molar-refractivity contribution in [3.63, 3.8) is 0 Å². The van der Waals surface area contributed by atoms with Gasteiger partial charge in [0.15, 0.2) is 0 Å². The van der Waals surface area contributed by atoms with E-state index in [0.717, 1.165) is 5.56 Å². The number of rotatable bonds is 7. The first kappa shape index (κ1) is 17.2. The molecule has 5 nitrogen and oxygen atoms in total. The number of carbonyl (C=O) groups is 1. The quantitative estimate of drug-likeness (QED) is 0.751. The molecule has 0 saturated heterocycles. The van der Waals surface area contributed by atoms with Gasteiger partial charge in [-0.15, -0.1) is 6.58 Å². The van der Waals surface area contributed by atoms with Gasteiger partial charge < -0.3 is 10.6 Å². The van der Waals surface area contributed by atoms with E-state index >= 15 is 0 Å². The molecular formula is C16H16Cl2N4O. The van der Waals surface area contributed by atoms with Gasteiger partial charge in [-0.05, 0) is 24.1 Å². The van der Waals surface area contributed by atoms with Crippen molar-refractivity contribution in [2.75, 3.05) is 18.4 Å². The minimum atomic E-state index is -0.265. The van der Waals surface area contributed by atoms with Crippen LogP contribution < -0.4 is 10.6 Å². The zero-order valence-electron chi connectivity index (χ0n) is 12.4. The second kappa shape index (κ2) is 8.50. The fourth-order valence-electron chi connectivity index (χ4n) is 1.88. The van der Waals surface area contributed by atoms with Crippen LogP contribution in [0.4, 0.5) is 5.82 Å². The van der Waals surface area contributed by atoms with Crippen LogP contribution in [-0.4, -0.2) is 29.0 Å². The highest BCUT2D eigenvalue weighted by Crippen LogP contribution is 2.21. The maximum atomic E-state index is 12.1. The normalized spacial score (nSPS) is 10.2. The first-order valence-electron chi connectivity index (χ1n) is 6.99. The fourth-order valence-corrected chi connectivity index (χ4v) is 2.38. The van der Waals surface area contributed by atoms with Crippen LogP contribution in [0.5, 0.6) is 0 Å². The van der Waals surface area contributed by atoms with Crippen molar-refractivity contribution in [2.45, 2.75) is 6.42 Å². The number of hydrogen-bond acceptors (Lipinski definition) is 4. The highest BCUT2D eigenvalue weighted by Gasteiger charge is 2.09. The Balaban J connectivity index is 1.90. The van der Waals surface area contributed by atoms with E-state index in [1.165, 1.54) is 6.33 Å². The lowest BCUT2D eigenvalue weighted by Crippen LogP contribution is -2.26. The highest BCUT2D eigenvalue weighted by atomic mass is 35.5. The Hall–Kier alpha value is -2.11. The molecular weight excluding hydrogens is 335 g/mol. The van der Waals surface area contributed by atoms with Crippen LogP contribution in [0.2, 0.25) is 10.0 Å². The van der Waals surface area contributed by atoms with E-state index in [4.69, 9.17) is 23.2 Å². The SMILES string of the molecule is C=CCNc1cc(C(=O)NCCc2ccc(Cl)cc2Cl)ncn1. The molecule has 1 amide bonds. The number of halogens is 2. The van der Waals surface area contributed by atoms with Crippen LogP contribution in [0.25, 0.3) is 0 Å². The highest BCUT2D eigenvalue weighted by molar-refractivity contribution is 6.35. The lowest BCUT2D eigenvalue weighted by molar-refractivity contribution is 0.0949. The fraction of sp³-hybridized carbons (Fsp3) is 0.188. The molecule has 0 radical (unpaired) electrons. The summed E-state index contributed by atoms with van der Waals surface area (Å²) in [5.74, 6) is 0.310. The second-order valence-corrected chi connectivity index (χ2v) is 5.54. The maximum Gasteiger partial charge on any atom is 0.270 e. The van der Waals surface area contributed by atoms with E-state index in [-0.39, 0.29) is 5.91 Å². The number of carbonyl (C=O) groups excluding carboxylic acids is 1. The minimum absolute atomic E-state index is 0.265. The van der Waals surface area contributed by atoms with Crippen molar-refractivity contribution >= 4 is 34.9 Å². The summed E-state index contributed by atoms with van der Waals surface area (Å²) in [6.07, 6.45) is 3.66. The minimum Gasteiger partial charge on any atom is -0.366 e. The van der Waals surface area contributed by atoms with Gasteiger partial charge in [0.1, 0.15) is 17.8 Å². The number of nitrogens with one attached hydrogen (secondary N) is 2. The van der Waals surface area contributed by atoms with E-state index in [1.54, 1.807) is 24.3 Å². The Labute approximate surface area is 144 Å². The van der Waals surface area contributed by atoms with Crippen molar-refractivity contribution in [3.8, 4) is 0 Å². The van der Waals surface area contributed by atoms with E-state index < -0.39 is 0 Å². The monoisotopic (exact) mass is 350 g/mol. The predicted molar refractivity (Wildman–Crippen MR) is 93.2 cm³/mol. The molecule has 1 aromatic carbocycles. The molecule has 23 heavy (non-hydrogen) atoms. The number of nitrogens with zero attached hydrogens (tertiary/aromatic N) is 2. The molecule has 0 atom stereocenters. The molecule has 0 saturated carbocycles. The molecule has 0 bridgehead atoms. The zero-order chi connectivity index (χ0) is 16.7. The third kappa shape index (κ3) is 5.23. The molecule has 1 heterocycles. The topological polar surface area (TPSA) is 66.9 Å². The molecule has 0 spiro atoms. The number of aromatic nitrogens is 2. The summed E-state index contributed by atoms with van der Waals surface area (Å²) in [7, 11) is 0. The van der Waals surface area contributed by atoms with Gasteiger partial charge in [-0.3, -0.25) is 4.79 Å². The lowest BCUT2D eigenvalue weighted by atomic mass is 10.1. The molecule has 0 aliphatic rings. The van der Waals surface area contributed by atoms with Crippen molar-refractivity contribution in [1.82, 2.24) is 15.3 Å². The van der Waals surface area contributed by atoms with Crippen LogP contribution in [0.3, 0.4) is 0 Å². The smallest absolute Gasteiger partial charge is 0.270 e. The van der Waals surface area contributed by atoms with E-state index in [9.17, 15) is 4.79 Å². The van der Waals surface area contributed by atoms with Crippen LogP contribution in [-0.2, 0) is 6.42 Å². The van der Waals surface area contributed by atoms with E-state index in [1.807, 2.05) is 6.07 Å². The average Bonchev–Trinajstić information content (AvgIpc) is 2.55. The summed E-state index contributed by atoms with van der Waals surface area (Å²) in [4.78, 5) is 20.1. The predicted octanol–water partition coefficient (Wildman–Crippen LogP) is 3.35. The Morgan fingerprint density at radius 1 is 1.26 bits per heavy atom. The summed E-state index contributed by atoms with van der Waals surface area (Å²) in [6.45, 7) is 4.62. The van der Waals surface area contributed by atoms with Crippen molar-refractivity contribution in [3.05, 3.63) is 64.6 Å². The molecule has 0 aliphatic heterocycles. The summed E-state index contributed by atoms with van der Waals surface area (Å²) < 4.78 is 0. The Kier molecular flexibility index (Phi) is 6.38. The van der Waals surface area contributed by atoms with Gasteiger partial charge in [-0.25, -0.2) is 9.97 Å². The van der Waals surface area contributed by atoms with Crippen molar-refractivity contribution < 1.29 is 4.79 Å². The molecule has 2 rings (SSSR count). The molecule has 2 N–H and O–H groups in total. The standard InChI is InChI=1S/C16H16Cl2N4O/c1-2-6-19-15-9-14(21-10-22-15)16(23)20-7-5-11-3-4-12(17)8-13(11)18/h2-4,8-10H,1,5-7H2,(H,20,23)(H,19,21,22). The van der Waals surface area contributed by atoms with Gasteiger partial charge in [0.2, 0.25) is 0 Å². The first-order chi connectivity index (χ1) is 11.1. The summed E-state index contributed by atoms with van der Waals surface area (Å²) in [5.41, 5.74) is 1.22. The van der Waals surface area contributed by atoms with Gasteiger partial charge in [-0.1, -0.05) is 35.3 Å². The molecule has 120 valence electrons. The third-order valence-corrected chi connectivity index (χ3v) is 3.61. The van der Waals surface area contributed by atoms with Crippen LogP contribution in [0.15, 0.2) is 43.2 Å². The lowest BCUT2D eigenvalue weighted by Gasteiger charge is -2.08. The summed E-state index contributed by atoms with van der Waals surface area (Å²) in [6, 6.07) is 6.89. The Morgan fingerprint density at radius 2 is 2.09 bits per heavy atom. The maximum absolute atomic E-state index is 12.1. The molecule has 0 fully saturated rings. The van der Waals surface area contributed by atoms with Crippen LogP contribution in [0, 0.1) is 0 Å². The van der Waals surface area contributed by atoms with Gasteiger partial charge in [0.25, 0.3) is 5.91 Å². The van der Waals surface area contributed by atoms with Gasteiger partial charge in [-0.2, -0.15) is 0 Å². The molecule has 1 aromatic heterocycles. The number of hydrogen-bond donors (Lipinski definition) is 2. The average molecular weight is 351 g/mol. The zero-order valence-corrected chi connectivity index (χ0v) is 13.9. The Bertz CT molecular complexity index is 706. The van der Waals surface area contributed by atoms with Gasteiger partial charge >= 0.3 is 0 Å². The third-order valence-electron chi connectivity index (χ3n) is 3.02. The largest absolute Gasteiger partial charge is 0.366 e. The van der Waals surface area contributed by atoms with Crippen LogP contribution in [0.1, 0.15) is 16.1 Å². The molecule has 0 unspecified atom stereocenters. The molecule has 7 heteroatoms. The van der Waals surface area contributed by atoms with Crippen LogP contribution >= 0.6 is 23.2 Å². The Morgan fingerprint density at radius 3 is 2.83 bits per heavy atom. The summed E-state index contributed by atoms with van der Waals surface area (Å²) >= 11 is 11.9. The first-order valence-corrected chi connectivity index (χ1v) is 7.74. The van der Waals surface area contributed by atoms with Crippen molar-refractivity contribution in [2.24, 2.45) is 0 Å². The number of anilines is 1. The number of amides is 1. The molecule has 2 aromatic rings. The second-order valence-electron chi connectivity index (χ2n) is 4.70. The summed E-state index contributed by atoms with van der Waals surface area (Å²) in [5, 5.41) is 6.98. The van der Waals surface area contributed by atoms with E-state index in [2.05, 4.69) is 27.2 Å². The van der Waals surface area contributed by atoms with Gasteiger partial charge in [0, 0.05) is 29.2 Å².